The highest BCUT2D eigenvalue weighted by atomic mass is 32.1. The molecule has 144 valence electrons. The van der Waals surface area contributed by atoms with E-state index in [1.54, 1.807) is 0 Å². The zero-order valence-electron chi connectivity index (χ0n) is 15.9. The largest absolute Gasteiger partial charge is 0.342 e. The molecule has 1 saturated heterocycles. The molecule has 0 spiro atoms. The minimum absolute atomic E-state index is 0.0821. The molecule has 1 N–H and O–H groups in total. The molecule has 7 heteroatoms. The van der Waals surface area contributed by atoms with E-state index in [1.807, 2.05) is 4.90 Å². The minimum Gasteiger partial charge on any atom is -0.342 e. The molecule has 3 rings (SSSR count). The van der Waals surface area contributed by atoms with Crippen molar-refractivity contribution in [3.63, 3.8) is 0 Å². The van der Waals surface area contributed by atoms with Crippen molar-refractivity contribution in [2.24, 2.45) is 11.8 Å². The van der Waals surface area contributed by atoms with E-state index >= 15 is 0 Å². The fourth-order valence-corrected chi connectivity index (χ4v) is 5.16. The third kappa shape index (κ3) is 5.25. The molecule has 2 aliphatic rings. The molecular formula is C19H30N4O2S. The van der Waals surface area contributed by atoms with Crippen LogP contribution in [0.1, 0.15) is 76.1 Å². The summed E-state index contributed by atoms with van der Waals surface area (Å²) in [5.74, 6) is 1.50. The molecule has 2 atom stereocenters. The third-order valence-electron chi connectivity index (χ3n) is 5.43. The highest BCUT2D eigenvalue weighted by Gasteiger charge is 2.25. The van der Waals surface area contributed by atoms with Crippen molar-refractivity contribution in [3.8, 4) is 0 Å². The Morgan fingerprint density at radius 3 is 2.46 bits per heavy atom. The zero-order chi connectivity index (χ0) is 18.5. The predicted octanol–water partition coefficient (Wildman–Crippen LogP) is 3.81. The Morgan fingerprint density at radius 1 is 1.08 bits per heavy atom. The summed E-state index contributed by atoms with van der Waals surface area (Å²) in [5, 5.41) is 12.8. The van der Waals surface area contributed by atoms with Crippen LogP contribution in [0, 0.1) is 11.8 Å². The lowest BCUT2D eigenvalue weighted by atomic mass is 9.90. The van der Waals surface area contributed by atoms with Crippen molar-refractivity contribution in [1.29, 1.82) is 0 Å². The van der Waals surface area contributed by atoms with Crippen LogP contribution in [-0.4, -0.2) is 40.0 Å². The Labute approximate surface area is 159 Å². The van der Waals surface area contributed by atoms with Gasteiger partial charge < -0.3 is 10.2 Å². The zero-order valence-corrected chi connectivity index (χ0v) is 16.7. The summed E-state index contributed by atoms with van der Waals surface area (Å²) in [6, 6.07) is 0. The van der Waals surface area contributed by atoms with Gasteiger partial charge in [-0.15, -0.1) is 10.2 Å². The lowest BCUT2D eigenvalue weighted by Crippen LogP contribution is -2.42. The van der Waals surface area contributed by atoms with E-state index in [0.29, 0.717) is 22.9 Å². The number of anilines is 1. The predicted molar refractivity (Wildman–Crippen MR) is 103 cm³/mol. The molecule has 1 aliphatic carbocycles. The smallest absolute Gasteiger partial charge is 0.226 e. The molecule has 6 nitrogen and oxygen atoms in total. The standard InChI is InChI=1S/C19H30N4O2S/c1-13-10-14(2)12-23(11-13)17(25)9-8-16(24)20-19-22-21-18(26-19)15-6-4-3-5-7-15/h13-15H,3-12H2,1-2H3,(H,20,22,24)/t13-,14+. The number of amides is 2. The number of hydrogen-bond donors (Lipinski definition) is 1. The summed E-state index contributed by atoms with van der Waals surface area (Å²) in [6.07, 6.45) is 7.79. The average Bonchev–Trinajstić information content (AvgIpc) is 3.08. The molecule has 0 bridgehead atoms. The molecule has 1 aromatic heterocycles. The van der Waals surface area contributed by atoms with E-state index in [-0.39, 0.29) is 24.7 Å². The van der Waals surface area contributed by atoms with Crippen molar-refractivity contribution >= 4 is 28.3 Å². The maximum Gasteiger partial charge on any atom is 0.226 e. The number of likely N-dealkylation sites (tertiary alicyclic amines) is 1. The van der Waals surface area contributed by atoms with Crippen LogP contribution in [0.4, 0.5) is 5.13 Å². The minimum atomic E-state index is -0.150. The number of piperidine rings is 1. The number of aromatic nitrogens is 2. The third-order valence-corrected chi connectivity index (χ3v) is 6.43. The molecule has 1 aromatic rings. The van der Waals surface area contributed by atoms with Crippen LogP contribution in [-0.2, 0) is 9.59 Å². The van der Waals surface area contributed by atoms with Crippen LogP contribution in [0.25, 0.3) is 0 Å². The van der Waals surface area contributed by atoms with Crippen molar-refractivity contribution in [3.05, 3.63) is 5.01 Å². The van der Waals surface area contributed by atoms with Crippen molar-refractivity contribution in [2.75, 3.05) is 18.4 Å². The van der Waals surface area contributed by atoms with Gasteiger partial charge in [0, 0.05) is 31.8 Å². The van der Waals surface area contributed by atoms with Gasteiger partial charge in [0.1, 0.15) is 5.01 Å². The van der Waals surface area contributed by atoms with Crippen LogP contribution in [0.2, 0.25) is 0 Å². The molecule has 1 saturated carbocycles. The van der Waals surface area contributed by atoms with Crippen molar-refractivity contribution in [2.45, 2.75) is 71.1 Å². The number of carbonyl (C=O) groups excluding carboxylic acids is 2. The van der Waals surface area contributed by atoms with Crippen LogP contribution in [0.15, 0.2) is 0 Å². The average molecular weight is 379 g/mol. The number of rotatable bonds is 5. The highest BCUT2D eigenvalue weighted by Crippen LogP contribution is 2.35. The summed E-state index contributed by atoms with van der Waals surface area (Å²) >= 11 is 1.48. The Hall–Kier alpha value is -1.50. The Balaban J connectivity index is 1.44. The second-order valence-electron chi connectivity index (χ2n) is 8.07. The van der Waals surface area contributed by atoms with Crippen LogP contribution in [0.5, 0.6) is 0 Å². The maximum atomic E-state index is 12.4. The van der Waals surface area contributed by atoms with E-state index in [2.05, 4.69) is 29.4 Å². The fraction of sp³-hybridized carbons (Fsp3) is 0.789. The molecular weight excluding hydrogens is 348 g/mol. The fourth-order valence-electron chi connectivity index (χ4n) is 4.23. The van der Waals surface area contributed by atoms with Gasteiger partial charge in [-0.25, -0.2) is 0 Å². The number of nitrogens with zero attached hydrogens (tertiary/aromatic N) is 3. The van der Waals surface area contributed by atoms with E-state index in [0.717, 1.165) is 18.1 Å². The second kappa shape index (κ2) is 8.93. The number of nitrogens with one attached hydrogen (secondary N) is 1. The summed E-state index contributed by atoms with van der Waals surface area (Å²) in [4.78, 5) is 26.5. The first-order valence-corrected chi connectivity index (χ1v) is 10.7. The SMILES string of the molecule is C[C@@H]1C[C@H](C)CN(C(=O)CCC(=O)Nc2nnc(C3CCCCC3)s2)C1. The van der Waals surface area contributed by atoms with Crippen molar-refractivity contribution < 1.29 is 9.59 Å². The Morgan fingerprint density at radius 2 is 1.77 bits per heavy atom. The van der Waals surface area contributed by atoms with Gasteiger partial charge in [0.15, 0.2) is 0 Å². The van der Waals surface area contributed by atoms with E-state index < -0.39 is 0 Å². The van der Waals surface area contributed by atoms with Crippen molar-refractivity contribution in [1.82, 2.24) is 15.1 Å². The van der Waals surface area contributed by atoms with Crippen LogP contribution in [0.3, 0.4) is 0 Å². The molecule has 1 aliphatic heterocycles. The molecule has 0 aromatic carbocycles. The van der Waals surface area contributed by atoms with Gasteiger partial charge in [-0.2, -0.15) is 0 Å². The lowest BCUT2D eigenvalue weighted by molar-refractivity contribution is -0.135. The Kier molecular flexibility index (Phi) is 6.62. The second-order valence-corrected chi connectivity index (χ2v) is 9.08. The van der Waals surface area contributed by atoms with Crippen LogP contribution < -0.4 is 5.32 Å². The quantitative estimate of drug-likeness (QED) is 0.845. The van der Waals surface area contributed by atoms with Gasteiger partial charge in [0.25, 0.3) is 0 Å². The first-order chi connectivity index (χ1) is 12.5. The lowest BCUT2D eigenvalue weighted by Gasteiger charge is -2.35. The normalized spacial score (nSPS) is 24.5. The van der Waals surface area contributed by atoms with Gasteiger partial charge in [0.2, 0.25) is 16.9 Å². The first kappa shape index (κ1) is 19.3. The molecule has 2 amide bonds. The summed E-state index contributed by atoms with van der Waals surface area (Å²) in [5.41, 5.74) is 0. The maximum absolute atomic E-state index is 12.4. The molecule has 2 heterocycles. The van der Waals surface area contributed by atoms with E-state index in [1.165, 1.54) is 49.9 Å². The summed E-state index contributed by atoms with van der Waals surface area (Å²) in [6.45, 7) is 5.99. The van der Waals surface area contributed by atoms with Gasteiger partial charge in [-0.1, -0.05) is 44.4 Å². The van der Waals surface area contributed by atoms with Gasteiger partial charge >= 0.3 is 0 Å². The number of carbonyl (C=O) groups is 2. The Bertz CT molecular complexity index is 617. The topological polar surface area (TPSA) is 75.2 Å². The first-order valence-electron chi connectivity index (χ1n) is 9.92. The molecule has 0 radical (unpaired) electrons. The number of hydrogen-bond acceptors (Lipinski definition) is 5. The monoisotopic (exact) mass is 378 g/mol. The van der Waals surface area contributed by atoms with Crippen LogP contribution >= 0.6 is 11.3 Å². The molecule has 0 unspecified atom stereocenters. The summed E-state index contributed by atoms with van der Waals surface area (Å²) in [7, 11) is 0. The molecule has 2 fully saturated rings. The van der Waals surface area contributed by atoms with E-state index in [9.17, 15) is 9.59 Å². The summed E-state index contributed by atoms with van der Waals surface area (Å²) < 4.78 is 0. The van der Waals surface area contributed by atoms with Gasteiger partial charge in [-0.3, -0.25) is 9.59 Å². The van der Waals surface area contributed by atoms with Gasteiger partial charge in [0.05, 0.1) is 0 Å². The van der Waals surface area contributed by atoms with Gasteiger partial charge in [-0.05, 0) is 31.1 Å². The van der Waals surface area contributed by atoms with E-state index in [4.69, 9.17) is 0 Å². The highest BCUT2D eigenvalue weighted by molar-refractivity contribution is 7.15. The molecule has 26 heavy (non-hydrogen) atoms.